The van der Waals surface area contributed by atoms with Crippen molar-refractivity contribution in [3.63, 3.8) is 0 Å². The minimum Gasteiger partial charge on any atom is -0.0847 e. The second kappa shape index (κ2) is 49.9. The summed E-state index contributed by atoms with van der Waals surface area (Å²) in [6.07, 6.45) is 77.2. The van der Waals surface area contributed by atoms with Gasteiger partial charge in [-0.2, -0.15) is 0 Å². The molecule has 0 N–H and O–H groups in total. The number of halogens is 2. The Kier molecular flexibility index (Phi) is 50.7. The molecule has 0 atom stereocenters. The van der Waals surface area contributed by atoms with E-state index in [9.17, 15) is 0 Å². The summed E-state index contributed by atoms with van der Waals surface area (Å²) in [4.78, 5) is 0. The van der Waals surface area contributed by atoms with E-state index in [1.807, 2.05) is 0 Å². The largest absolute Gasteiger partial charge is 0.0847 e. The Labute approximate surface area is 431 Å². The maximum atomic E-state index is 5.06. The molecule has 0 aromatic rings. The van der Waals surface area contributed by atoms with E-state index in [-0.39, 0.29) is 8.65 Å². The highest BCUT2D eigenvalue weighted by Crippen LogP contribution is 2.64. The van der Waals surface area contributed by atoms with Gasteiger partial charge in [-0.15, -0.1) is 0 Å². The highest BCUT2D eigenvalue weighted by atomic mass is 79.9. The first-order chi connectivity index (χ1) is 31.9. The van der Waals surface area contributed by atoms with Crippen LogP contribution in [0.4, 0.5) is 0 Å². The number of alkyl halides is 2. The Bertz CT molecular complexity index is 783. The number of hydrogen-bond donors (Lipinski definition) is 0. The van der Waals surface area contributed by atoms with Gasteiger partial charge in [-0.25, -0.2) is 0 Å². The van der Waals surface area contributed by atoms with Crippen LogP contribution < -0.4 is 0 Å². The van der Waals surface area contributed by atoms with Crippen molar-refractivity contribution in [2.45, 2.75) is 397 Å². The fourth-order valence-corrected chi connectivity index (χ4v) is 14.8. The molecule has 0 heterocycles. The third-order valence-corrected chi connectivity index (χ3v) is 19.4. The zero-order valence-corrected chi connectivity index (χ0v) is 49.6. The average Bonchev–Trinajstić information content (AvgIpc) is 3.30. The number of hydrogen-bond acceptors (Lipinski definition) is 0. The summed E-state index contributed by atoms with van der Waals surface area (Å²) in [6, 6.07) is 0. The molecule has 392 valence electrons. The van der Waals surface area contributed by atoms with Crippen LogP contribution in [0.3, 0.4) is 0 Å². The second-order valence-corrected chi connectivity index (χ2v) is 25.4. The van der Waals surface area contributed by atoms with Crippen LogP contribution in [-0.4, -0.2) is 8.65 Å². The summed E-state index contributed by atoms with van der Waals surface area (Å²) >= 11 is 10.1. The Morgan fingerprint density at radius 2 is 0.292 bits per heavy atom. The summed E-state index contributed by atoms with van der Waals surface area (Å²) in [5.74, 6) is 0. The van der Waals surface area contributed by atoms with Gasteiger partial charge in [0.2, 0.25) is 0 Å². The van der Waals surface area contributed by atoms with Gasteiger partial charge in [0.25, 0.3) is 0 Å². The van der Waals surface area contributed by atoms with Gasteiger partial charge in [0.05, 0.1) is 0 Å². The summed E-state index contributed by atoms with van der Waals surface area (Å²) < 4.78 is 0.437. The molecule has 0 fully saturated rings. The molecule has 0 saturated carbocycles. The zero-order valence-electron chi connectivity index (χ0n) is 46.4. The monoisotopic (exact) mass is 1040 g/mol. The van der Waals surface area contributed by atoms with Crippen LogP contribution in [0, 0.1) is 5.41 Å². The van der Waals surface area contributed by atoms with Crippen LogP contribution in [0.15, 0.2) is 0 Å². The Morgan fingerprint density at radius 1 is 0.169 bits per heavy atom. The van der Waals surface area contributed by atoms with Crippen molar-refractivity contribution < 1.29 is 0 Å². The van der Waals surface area contributed by atoms with Gasteiger partial charge in [-0.3, -0.25) is 0 Å². The third-order valence-electron chi connectivity index (χ3n) is 16.3. The fraction of sp³-hybridized carbons (Fsp3) is 1.00. The van der Waals surface area contributed by atoms with Crippen LogP contribution in [0.5, 0.6) is 0 Å². The van der Waals surface area contributed by atoms with Crippen molar-refractivity contribution in [1.29, 1.82) is 0 Å². The molecular formula is C63H126Br2. The first-order valence-corrected chi connectivity index (χ1v) is 32.8. The highest BCUT2D eigenvalue weighted by Gasteiger charge is 2.58. The topological polar surface area (TPSA) is 0 Å². The van der Waals surface area contributed by atoms with Gasteiger partial charge >= 0.3 is 0 Å². The molecular weight excluding hydrogens is 917 g/mol. The van der Waals surface area contributed by atoms with Crippen molar-refractivity contribution in [3.05, 3.63) is 0 Å². The van der Waals surface area contributed by atoms with Gasteiger partial charge in [-0.05, 0) is 38.5 Å². The van der Waals surface area contributed by atoms with E-state index in [1.165, 1.54) is 347 Å². The summed E-state index contributed by atoms with van der Waals surface area (Å²) in [5.41, 5.74) is 0.301. The lowest BCUT2D eigenvalue weighted by molar-refractivity contribution is 0.0662. The SMILES string of the molecule is CCCCCCCCCCC(Br)(CCCCCCCCCC)C(CCCCCCCCCC)(CCCCCCCCCC)C(Br)(CCCCCCCCCC)CCCCCCCCCC. The fourth-order valence-electron chi connectivity index (χ4n) is 11.9. The predicted octanol–water partition coefficient (Wildman–Crippen LogP) is 25.4. The molecule has 0 aromatic heterocycles. The van der Waals surface area contributed by atoms with E-state index >= 15 is 0 Å². The van der Waals surface area contributed by atoms with Crippen LogP contribution in [0.1, 0.15) is 388 Å². The Balaban J connectivity index is 6.98. The standard InChI is InChI=1S/C63H126Br2/c1-7-13-19-25-31-37-43-49-55-61(56-50-44-38-32-26-20-14-8-2,62(64,57-51-45-39-33-27-21-15-9-3)58-52-46-40-34-28-22-16-10-4)63(65,59-53-47-41-35-29-23-17-11-5)60-54-48-42-36-30-24-18-12-6/h7-60H2,1-6H3. The molecule has 0 rings (SSSR count). The van der Waals surface area contributed by atoms with Gasteiger partial charge in [0, 0.05) is 14.1 Å². The van der Waals surface area contributed by atoms with Crippen molar-refractivity contribution in [2.75, 3.05) is 0 Å². The zero-order chi connectivity index (χ0) is 47.7. The summed E-state index contributed by atoms with van der Waals surface area (Å²) in [6.45, 7) is 14.2. The van der Waals surface area contributed by atoms with Crippen LogP contribution in [-0.2, 0) is 0 Å². The average molecular weight is 1040 g/mol. The van der Waals surface area contributed by atoms with Crippen LogP contribution >= 0.6 is 31.9 Å². The normalized spacial score (nSPS) is 12.6. The molecule has 0 aliphatic carbocycles. The van der Waals surface area contributed by atoms with E-state index in [4.69, 9.17) is 31.9 Å². The van der Waals surface area contributed by atoms with E-state index < -0.39 is 0 Å². The molecule has 0 unspecified atom stereocenters. The highest BCUT2D eigenvalue weighted by molar-refractivity contribution is 9.10. The Hall–Kier alpha value is 0.960. The van der Waals surface area contributed by atoms with Gasteiger partial charge < -0.3 is 0 Å². The molecule has 2 heteroatoms. The molecule has 0 bridgehead atoms. The number of unbranched alkanes of at least 4 members (excludes halogenated alkanes) is 42. The summed E-state index contributed by atoms with van der Waals surface area (Å²) in [7, 11) is 0. The van der Waals surface area contributed by atoms with E-state index in [2.05, 4.69) is 41.5 Å². The quantitative estimate of drug-likeness (QED) is 0.0421. The first-order valence-electron chi connectivity index (χ1n) is 31.2. The number of rotatable bonds is 56. The lowest BCUT2D eigenvalue weighted by Crippen LogP contribution is -2.56. The lowest BCUT2D eigenvalue weighted by atomic mass is 9.56. The van der Waals surface area contributed by atoms with E-state index in [1.54, 1.807) is 0 Å². The van der Waals surface area contributed by atoms with Crippen molar-refractivity contribution >= 4 is 31.9 Å². The maximum absolute atomic E-state index is 5.06. The second-order valence-electron chi connectivity index (χ2n) is 22.4. The molecule has 0 aliphatic heterocycles. The minimum absolute atomic E-state index is 0.219. The molecule has 0 aliphatic rings. The van der Waals surface area contributed by atoms with Crippen molar-refractivity contribution in [1.82, 2.24) is 0 Å². The molecule has 0 nitrogen and oxygen atoms in total. The van der Waals surface area contributed by atoms with Gasteiger partial charge in [0.1, 0.15) is 0 Å². The molecule has 0 radical (unpaired) electrons. The summed E-state index contributed by atoms with van der Waals surface area (Å²) in [5, 5.41) is 0. The maximum Gasteiger partial charge on any atom is 0.0327 e. The van der Waals surface area contributed by atoms with Crippen molar-refractivity contribution in [2.24, 2.45) is 5.41 Å². The minimum atomic E-state index is 0.219. The Morgan fingerprint density at radius 3 is 0.446 bits per heavy atom. The molecule has 0 aromatic carbocycles. The molecule has 65 heavy (non-hydrogen) atoms. The predicted molar refractivity (Wildman–Crippen MR) is 309 cm³/mol. The smallest absolute Gasteiger partial charge is 0.0327 e. The van der Waals surface area contributed by atoms with Gasteiger partial charge in [-0.1, -0.05) is 382 Å². The molecule has 0 amide bonds. The third kappa shape index (κ3) is 35.7. The van der Waals surface area contributed by atoms with Crippen molar-refractivity contribution in [3.8, 4) is 0 Å². The van der Waals surface area contributed by atoms with E-state index in [0.29, 0.717) is 5.41 Å². The van der Waals surface area contributed by atoms with Crippen LogP contribution in [0.2, 0.25) is 0 Å². The molecule has 0 spiro atoms. The van der Waals surface area contributed by atoms with Crippen LogP contribution in [0.25, 0.3) is 0 Å². The first kappa shape index (κ1) is 66.0. The molecule has 0 saturated heterocycles. The van der Waals surface area contributed by atoms with E-state index in [0.717, 1.165) is 0 Å². The lowest BCUT2D eigenvalue weighted by Gasteiger charge is -2.58. The van der Waals surface area contributed by atoms with Gasteiger partial charge in [0.15, 0.2) is 0 Å².